The maximum atomic E-state index is 14.4. The minimum Gasteiger partial charge on any atom is -0.465 e. The molecule has 1 aromatic carbocycles. The number of halogens is 5. The van der Waals surface area contributed by atoms with E-state index in [1.54, 1.807) is 11.6 Å². The first-order chi connectivity index (χ1) is 18.5. The number of esters is 1. The molecule has 0 atom stereocenters. The number of ether oxygens (including phenoxy) is 1. The Balaban J connectivity index is 1.91. The van der Waals surface area contributed by atoms with Gasteiger partial charge in [-0.15, -0.1) is 23.1 Å². The van der Waals surface area contributed by atoms with Crippen molar-refractivity contribution in [1.29, 1.82) is 5.26 Å². The quantitative estimate of drug-likeness (QED) is 0.151. The zero-order valence-corrected chi connectivity index (χ0v) is 21.7. The summed E-state index contributed by atoms with van der Waals surface area (Å²) in [7, 11) is 1.22. The maximum absolute atomic E-state index is 14.4. The van der Waals surface area contributed by atoms with E-state index < -0.39 is 47.0 Å². The molecule has 0 saturated heterocycles. The van der Waals surface area contributed by atoms with E-state index in [1.807, 2.05) is 0 Å². The summed E-state index contributed by atoms with van der Waals surface area (Å²) >= 11 is 2.21. The number of methoxy groups -OCH3 is 1. The lowest BCUT2D eigenvalue weighted by Crippen LogP contribution is -2.28. The fourth-order valence-electron chi connectivity index (χ4n) is 3.81. The van der Waals surface area contributed by atoms with Gasteiger partial charge in [-0.2, -0.15) is 18.4 Å². The van der Waals surface area contributed by atoms with Crippen molar-refractivity contribution in [3.8, 4) is 27.8 Å². The predicted octanol–water partition coefficient (Wildman–Crippen LogP) is 6.36. The van der Waals surface area contributed by atoms with E-state index in [9.17, 15) is 36.8 Å². The summed E-state index contributed by atoms with van der Waals surface area (Å²) in [5.41, 5.74) is -3.13. The summed E-state index contributed by atoms with van der Waals surface area (Å²) in [5.74, 6) is -2.50. The molecule has 3 heterocycles. The summed E-state index contributed by atoms with van der Waals surface area (Å²) in [6, 6.07) is 7.58. The first-order valence-corrected chi connectivity index (χ1v) is 13.0. The molecule has 39 heavy (non-hydrogen) atoms. The van der Waals surface area contributed by atoms with Crippen molar-refractivity contribution in [3.63, 3.8) is 0 Å². The second-order valence-electron chi connectivity index (χ2n) is 8.03. The molecule has 0 saturated carbocycles. The van der Waals surface area contributed by atoms with Crippen molar-refractivity contribution in [2.24, 2.45) is 0 Å². The van der Waals surface area contributed by atoms with Crippen LogP contribution in [0.5, 0.6) is 0 Å². The highest BCUT2D eigenvalue weighted by Gasteiger charge is 2.37. The number of carbonyl (C=O) groups is 1. The van der Waals surface area contributed by atoms with Crippen LogP contribution in [0.1, 0.15) is 27.0 Å². The highest BCUT2D eigenvalue weighted by Crippen LogP contribution is 2.38. The number of alkyl halides is 3. The first-order valence-electron chi connectivity index (χ1n) is 10.9. The van der Waals surface area contributed by atoms with Crippen LogP contribution in [0.4, 0.5) is 22.0 Å². The lowest BCUT2D eigenvalue weighted by molar-refractivity contribution is -0.137. The van der Waals surface area contributed by atoms with Crippen LogP contribution in [-0.2, 0) is 17.5 Å². The van der Waals surface area contributed by atoms with Crippen LogP contribution in [0.3, 0.4) is 0 Å². The molecule has 0 radical (unpaired) electrons. The number of benzene rings is 1. The Morgan fingerprint density at radius 1 is 1.18 bits per heavy atom. The zero-order chi connectivity index (χ0) is 28.5. The van der Waals surface area contributed by atoms with E-state index in [0.29, 0.717) is 28.3 Å². The second kappa shape index (κ2) is 11.0. The molecule has 200 valence electrons. The molecule has 0 spiro atoms. The SMILES string of the molecule is COC(=O)c1cc(-c2csc(-c3cc(C(F)(F)F)c(C#N)c(=O)n3Cc3ccc(F)cc3F)c2)cnc1SC. The van der Waals surface area contributed by atoms with Crippen molar-refractivity contribution in [3.05, 3.63) is 92.2 Å². The monoisotopic (exact) mass is 577 g/mol. The van der Waals surface area contributed by atoms with Gasteiger partial charge < -0.3 is 9.30 Å². The lowest BCUT2D eigenvalue weighted by atomic mass is 10.1. The number of rotatable bonds is 6. The number of thioether (sulfide) groups is 1. The highest BCUT2D eigenvalue weighted by atomic mass is 32.2. The number of carbonyl (C=O) groups excluding carboxylic acids is 1. The fraction of sp³-hybridized carbons (Fsp3) is 0.154. The topological polar surface area (TPSA) is 85.0 Å². The number of hydrogen-bond acceptors (Lipinski definition) is 7. The molecule has 0 aliphatic carbocycles. The molecule has 0 fully saturated rings. The van der Waals surface area contributed by atoms with Gasteiger partial charge in [0.05, 0.1) is 35.4 Å². The average molecular weight is 578 g/mol. The normalized spacial score (nSPS) is 11.3. The van der Waals surface area contributed by atoms with Crippen molar-refractivity contribution in [2.45, 2.75) is 17.7 Å². The Morgan fingerprint density at radius 2 is 1.92 bits per heavy atom. The number of pyridine rings is 2. The summed E-state index contributed by atoms with van der Waals surface area (Å²) in [6.07, 6.45) is -1.82. The third kappa shape index (κ3) is 5.57. The summed E-state index contributed by atoms with van der Waals surface area (Å²) in [4.78, 5) is 29.8. The van der Waals surface area contributed by atoms with Crippen LogP contribution >= 0.6 is 23.1 Å². The molecule has 3 aromatic heterocycles. The van der Waals surface area contributed by atoms with Gasteiger partial charge in [0.2, 0.25) is 0 Å². The van der Waals surface area contributed by atoms with Gasteiger partial charge in [-0.1, -0.05) is 6.07 Å². The molecule has 0 amide bonds. The summed E-state index contributed by atoms with van der Waals surface area (Å²) in [6.45, 7) is -0.559. The maximum Gasteiger partial charge on any atom is 0.417 e. The number of nitrogens with zero attached hydrogens (tertiary/aromatic N) is 3. The van der Waals surface area contributed by atoms with Crippen molar-refractivity contribution in [2.75, 3.05) is 13.4 Å². The van der Waals surface area contributed by atoms with Crippen LogP contribution in [0.2, 0.25) is 0 Å². The van der Waals surface area contributed by atoms with Gasteiger partial charge in [-0.05, 0) is 41.5 Å². The first kappa shape index (κ1) is 28.0. The number of nitriles is 1. The van der Waals surface area contributed by atoms with Crippen LogP contribution in [0, 0.1) is 23.0 Å². The molecular weight excluding hydrogens is 561 g/mol. The molecule has 4 aromatic rings. The molecule has 4 rings (SSSR count). The van der Waals surface area contributed by atoms with Crippen LogP contribution < -0.4 is 5.56 Å². The Kier molecular flexibility index (Phi) is 7.89. The molecule has 13 heteroatoms. The van der Waals surface area contributed by atoms with Gasteiger partial charge in [0.1, 0.15) is 28.3 Å². The molecule has 0 unspecified atom stereocenters. The number of aromatic nitrogens is 2. The molecule has 6 nitrogen and oxygen atoms in total. The standard InChI is InChI=1S/C26H16F5N3O3S2/c1-37-25(36)17-5-14(10-33-23(17)38-2)15-6-22(39-12-15)21-8-19(26(29,30)31)18(9-32)24(35)34(21)11-13-3-4-16(27)7-20(13)28/h3-8,10,12H,11H2,1-2H3. The molecule has 0 N–H and O–H groups in total. The Labute approximate surface area is 226 Å². The molecule has 0 aliphatic heterocycles. The van der Waals surface area contributed by atoms with Crippen molar-refractivity contribution < 1.29 is 31.5 Å². The van der Waals surface area contributed by atoms with Gasteiger partial charge in [0.25, 0.3) is 5.56 Å². The smallest absolute Gasteiger partial charge is 0.417 e. The van der Waals surface area contributed by atoms with Crippen LogP contribution in [0.25, 0.3) is 21.7 Å². The van der Waals surface area contributed by atoms with E-state index >= 15 is 0 Å². The third-order valence-electron chi connectivity index (χ3n) is 5.70. The number of thiophene rings is 1. The largest absolute Gasteiger partial charge is 0.465 e. The predicted molar refractivity (Wildman–Crippen MR) is 136 cm³/mol. The van der Waals surface area contributed by atoms with E-state index in [1.165, 1.54) is 43.3 Å². The lowest BCUT2D eigenvalue weighted by Gasteiger charge is -2.17. The summed E-state index contributed by atoms with van der Waals surface area (Å²) in [5, 5.41) is 11.4. The van der Waals surface area contributed by atoms with Gasteiger partial charge in [-0.3, -0.25) is 4.79 Å². The van der Waals surface area contributed by atoms with Crippen LogP contribution in [-0.4, -0.2) is 28.9 Å². The fourth-order valence-corrected chi connectivity index (χ4v) is 5.27. The third-order valence-corrected chi connectivity index (χ3v) is 7.36. The van der Waals surface area contributed by atoms with E-state index in [4.69, 9.17) is 4.74 Å². The minimum atomic E-state index is -5.02. The zero-order valence-electron chi connectivity index (χ0n) is 20.1. The van der Waals surface area contributed by atoms with Gasteiger partial charge in [0.15, 0.2) is 0 Å². The van der Waals surface area contributed by atoms with Crippen molar-refractivity contribution in [1.82, 2.24) is 9.55 Å². The Morgan fingerprint density at radius 3 is 2.54 bits per heavy atom. The Bertz CT molecular complexity index is 1690. The van der Waals surface area contributed by atoms with E-state index in [2.05, 4.69) is 4.98 Å². The Hall–Kier alpha value is -4.02. The minimum absolute atomic E-state index is 0.167. The summed E-state index contributed by atoms with van der Waals surface area (Å²) < 4.78 is 74.9. The van der Waals surface area contributed by atoms with E-state index in [-0.39, 0.29) is 21.7 Å². The van der Waals surface area contributed by atoms with Crippen molar-refractivity contribution >= 4 is 29.1 Å². The van der Waals surface area contributed by atoms with Gasteiger partial charge >= 0.3 is 12.1 Å². The molecule has 0 bridgehead atoms. The van der Waals surface area contributed by atoms with E-state index in [0.717, 1.165) is 28.0 Å². The van der Waals surface area contributed by atoms with Crippen LogP contribution in [0.15, 0.2) is 57.8 Å². The molecular formula is C26H16F5N3O3S2. The van der Waals surface area contributed by atoms with Gasteiger partial charge in [0, 0.05) is 23.4 Å². The molecule has 0 aliphatic rings. The highest BCUT2D eigenvalue weighted by molar-refractivity contribution is 7.98. The van der Waals surface area contributed by atoms with Gasteiger partial charge in [-0.25, -0.2) is 18.6 Å². The number of hydrogen-bond donors (Lipinski definition) is 0. The average Bonchev–Trinajstić information content (AvgIpc) is 3.39. The second-order valence-corrected chi connectivity index (χ2v) is 9.73.